The number of rotatable bonds is 8. The van der Waals surface area contributed by atoms with E-state index in [2.05, 4.69) is 11.7 Å². The minimum Gasteiger partial charge on any atom is -0.459 e. The maximum atomic E-state index is 12.8. The fourth-order valence-corrected chi connectivity index (χ4v) is 1.62. The average Bonchev–Trinajstić information content (AvgIpc) is 2.39. The van der Waals surface area contributed by atoms with Crippen LogP contribution >= 0.6 is 0 Å². The van der Waals surface area contributed by atoms with Gasteiger partial charge in [-0.1, -0.05) is 47.5 Å². The lowest BCUT2D eigenvalue weighted by Crippen LogP contribution is -2.31. The zero-order valence-corrected chi connectivity index (χ0v) is 13.6. The summed E-state index contributed by atoms with van der Waals surface area (Å²) in [6.07, 6.45) is 2.82. The Morgan fingerprint density at radius 1 is 1.10 bits per heavy atom. The van der Waals surface area contributed by atoms with E-state index in [-0.39, 0.29) is 17.9 Å². The van der Waals surface area contributed by atoms with Crippen LogP contribution in [0.25, 0.3) is 0 Å². The molecule has 0 aliphatic heterocycles. The average molecular weight is 302 g/mol. The summed E-state index contributed by atoms with van der Waals surface area (Å²) in [6.45, 7) is 9.60. The van der Waals surface area contributed by atoms with Crippen molar-refractivity contribution in [3.63, 3.8) is 0 Å². The van der Waals surface area contributed by atoms with Gasteiger partial charge in [0.25, 0.3) is 0 Å². The molecule has 0 saturated heterocycles. The van der Waals surface area contributed by atoms with Gasteiger partial charge in [-0.3, -0.25) is 0 Å². The van der Waals surface area contributed by atoms with Gasteiger partial charge in [0.05, 0.1) is 0 Å². The Balaban J connectivity index is 4.46. The molecular formula is C16H27FO4. The van der Waals surface area contributed by atoms with Crippen LogP contribution < -0.4 is 0 Å². The van der Waals surface area contributed by atoms with E-state index in [9.17, 15) is 14.0 Å². The standard InChI is InChI=1S/C16H27FO4/c1-6-8-9-12(16(3,4)5)20-14(18)10-11-15(19)21-13(17)7-2/h10-13H,6-9H2,1-5H3/b11-10+. The Bertz CT molecular complexity index is 358. The summed E-state index contributed by atoms with van der Waals surface area (Å²) in [5.74, 6) is -1.50. The van der Waals surface area contributed by atoms with Crippen molar-refractivity contribution in [2.24, 2.45) is 5.41 Å². The third kappa shape index (κ3) is 9.21. The first kappa shape index (κ1) is 19.6. The number of carbonyl (C=O) groups is 2. The van der Waals surface area contributed by atoms with E-state index < -0.39 is 18.3 Å². The Morgan fingerprint density at radius 2 is 1.62 bits per heavy atom. The van der Waals surface area contributed by atoms with Crippen molar-refractivity contribution >= 4 is 11.9 Å². The van der Waals surface area contributed by atoms with Crippen molar-refractivity contribution in [2.75, 3.05) is 0 Å². The molecule has 0 aromatic heterocycles. The molecule has 0 fully saturated rings. The topological polar surface area (TPSA) is 52.6 Å². The van der Waals surface area contributed by atoms with E-state index in [0.29, 0.717) is 0 Å². The van der Waals surface area contributed by atoms with Crippen LogP contribution in [0, 0.1) is 5.41 Å². The van der Waals surface area contributed by atoms with Gasteiger partial charge in [-0.25, -0.2) is 14.0 Å². The quantitative estimate of drug-likeness (QED) is 0.503. The van der Waals surface area contributed by atoms with Crippen molar-refractivity contribution in [1.29, 1.82) is 0 Å². The molecule has 0 saturated carbocycles. The lowest BCUT2D eigenvalue weighted by atomic mass is 9.86. The predicted molar refractivity (Wildman–Crippen MR) is 79.3 cm³/mol. The molecule has 0 aromatic carbocycles. The molecule has 2 atom stereocenters. The van der Waals surface area contributed by atoms with Crippen LogP contribution in [0.5, 0.6) is 0 Å². The molecular weight excluding hydrogens is 275 g/mol. The van der Waals surface area contributed by atoms with Crippen LogP contribution in [-0.4, -0.2) is 24.4 Å². The molecule has 0 spiro atoms. The van der Waals surface area contributed by atoms with Gasteiger partial charge >= 0.3 is 11.9 Å². The summed E-state index contributed by atoms with van der Waals surface area (Å²) >= 11 is 0. The third-order valence-electron chi connectivity index (χ3n) is 2.96. The number of halogens is 1. The molecule has 122 valence electrons. The summed E-state index contributed by atoms with van der Waals surface area (Å²) < 4.78 is 22.6. The normalized spacial score (nSPS) is 14.8. The van der Waals surface area contributed by atoms with E-state index in [4.69, 9.17) is 4.74 Å². The summed E-state index contributed by atoms with van der Waals surface area (Å²) in [5.41, 5.74) is -0.175. The smallest absolute Gasteiger partial charge is 0.333 e. The molecule has 4 nitrogen and oxygen atoms in total. The van der Waals surface area contributed by atoms with Crippen LogP contribution in [0.2, 0.25) is 0 Å². The lowest BCUT2D eigenvalue weighted by molar-refractivity contribution is -0.153. The zero-order valence-electron chi connectivity index (χ0n) is 13.6. The molecule has 0 heterocycles. The van der Waals surface area contributed by atoms with Gasteiger partial charge in [0, 0.05) is 18.6 Å². The second kappa shape index (κ2) is 9.53. The molecule has 0 amide bonds. The maximum Gasteiger partial charge on any atom is 0.333 e. The molecule has 21 heavy (non-hydrogen) atoms. The third-order valence-corrected chi connectivity index (χ3v) is 2.96. The van der Waals surface area contributed by atoms with Crippen LogP contribution in [0.15, 0.2) is 12.2 Å². The van der Waals surface area contributed by atoms with Crippen molar-refractivity contribution in [3.05, 3.63) is 12.2 Å². The summed E-state index contributed by atoms with van der Waals surface area (Å²) in [7, 11) is 0. The molecule has 0 aliphatic carbocycles. The first-order valence-electron chi connectivity index (χ1n) is 7.44. The summed E-state index contributed by atoms with van der Waals surface area (Å²) in [6, 6.07) is 0. The number of hydrogen-bond donors (Lipinski definition) is 0. The second-order valence-electron chi connectivity index (χ2n) is 6.02. The van der Waals surface area contributed by atoms with Gasteiger partial charge in [-0.05, 0) is 11.8 Å². The number of esters is 2. The van der Waals surface area contributed by atoms with Gasteiger partial charge in [0.1, 0.15) is 6.10 Å². The van der Waals surface area contributed by atoms with E-state index in [1.54, 1.807) is 6.92 Å². The van der Waals surface area contributed by atoms with E-state index >= 15 is 0 Å². The van der Waals surface area contributed by atoms with Gasteiger partial charge in [0.2, 0.25) is 6.36 Å². The SMILES string of the molecule is CCCCC(OC(=O)/C=C/C(=O)OC(F)CC)C(C)(C)C. The molecule has 0 rings (SSSR count). The highest BCUT2D eigenvalue weighted by molar-refractivity contribution is 5.91. The molecule has 0 aromatic rings. The highest BCUT2D eigenvalue weighted by Gasteiger charge is 2.27. The van der Waals surface area contributed by atoms with E-state index in [0.717, 1.165) is 31.4 Å². The maximum absolute atomic E-state index is 12.8. The van der Waals surface area contributed by atoms with E-state index in [1.165, 1.54) is 0 Å². The first-order chi connectivity index (χ1) is 9.70. The Morgan fingerprint density at radius 3 is 2.05 bits per heavy atom. The van der Waals surface area contributed by atoms with Crippen molar-refractivity contribution in [2.45, 2.75) is 72.8 Å². The molecule has 0 aliphatic rings. The Labute approximate surface area is 126 Å². The zero-order chi connectivity index (χ0) is 16.5. The largest absolute Gasteiger partial charge is 0.459 e. The fraction of sp³-hybridized carbons (Fsp3) is 0.750. The number of hydrogen-bond acceptors (Lipinski definition) is 4. The molecule has 0 bridgehead atoms. The lowest BCUT2D eigenvalue weighted by Gasteiger charge is -2.29. The summed E-state index contributed by atoms with van der Waals surface area (Å²) in [4.78, 5) is 22.9. The number of unbranched alkanes of at least 4 members (excludes halogenated alkanes) is 1. The van der Waals surface area contributed by atoms with Gasteiger partial charge in [-0.2, -0.15) is 0 Å². The van der Waals surface area contributed by atoms with Crippen molar-refractivity contribution < 1.29 is 23.5 Å². The molecule has 2 unspecified atom stereocenters. The van der Waals surface area contributed by atoms with Crippen LogP contribution in [0.4, 0.5) is 4.39 Å². The monoisotopic (exact) mass is 302 g/mol. The fourth-order valence-electron chi connectivity index (χ4n) is 1.62. The number of alkyl halides is 1. The number of ether oxygens (including phenoxy) is 2. The van der Waals surface area contributed by atoms with Crippen LogP contribution in [0.1, 0.15) is 60.3 Å². The first-order valence-corrected chi connectivity index (χ1v) is 7.44. The second-order valence-corrected chi connectivity index (χ2v) is 6.02. The minimum absolute atomic E-state index is 0.0765. The van der Waals surface area contributed by atoms with Crippen LogP contribution in [-0.2, 0) is 19.1 Å². The van der Waals surface area contributed by atoms with Crippen molar-refractivity contribution in [3.8, 4) is 0 Å². The van der Waals surface area contributed by atoms with Gasteiger partial charge < -0.3 is 9.47 Å². The van der Waals surface area contributed by atoms with Gasteiger partial charge in [-0.15, -0.1) is 0 Å². The number of carbonyl (C=O) groups excluding carboxylic acids is 2. The Hall–Kier alpha value is -1.39. The van der Waals surface area contributed by atoms with E-state index in [1.807, 2.05) is 20.8 Å². The van der Waals surface area contributed by atoms with Crippen molar-refractivity contribution in [1.82, 2.24) is 0 Å². The van der Waals surface area contributed by atoms with Crippen LogP contribution in [0.3, 0.4) is 0 Å². The molecule has 0 N–H and O–H groups in total. The minimum atomic E-state index is -1.65. The summed E-state index contributed by atoms with van der Waals surface area (Å²) in [5, 5.41) is 0. The molecule has 5 heteroatoms. The highest BCUT2D eigenvalue weighted by Crippen LogP contribution is 2.26. The predicted octanol–water partition coefficient (Wildman–Crippen LogP) is 3.94. The highest BCUT2D eigenvalue weighted by atomic mass is 19.1. The van der Waals surface area contributed by atoms with Gasteiger partial charge in [0.15, 0.2) is 0 Å². The molecule has 0 radical (unpaired) electrons. The Kier molecular flexibility index (Phi) is 8.90.